The molecule has 1 unspecified atom stereocenters. The van der Waals surface area contributed by atoms with Crippen LogP contribution in [0.25, 0.3) is 0 Å². The van der Waals surface area contributed by atoms with E-state index >= 15 is 0 Å². The van der Waals surface area contributed by atoms with Crippen molar-refractivity contribution in [2.24, 2.45) is 0 Å². The number of piperidine rings is 1. The van der Waals surface area contributed by atoms with E-state index < -0.39 is 0 Å². The van der Waals surface area contributed by atoms with E-state index in [1.54, 1.807) is 0 Å². The zero-order chi connectivity index (χ0) is 14.2. The van der Waals surface area contributed by atoms with Crippen LogP contribution in [-0.2, 0) is 0 Å². The number of carbonyl (C=O) groups excluding carboxylic acids is 1. The van der Waals surface area contributed by atoms with Crippen molar-refractivity contribution >= 4 is 5.91 Å². The van der Waals surface area contributed by atoms with Crippen LogP contribution in [0.2, 0.25) is 0 Å². The molecule has 1 atom stereocenters. The molecule has 1 heterocycles. The largest absolute Gasteiger partial charge is 0.508 e. The monoisotopic (exact) mass is 276 g/mol. The Bertz CT molecular complexity index is 526. The number of hydrogen-bond acceptors (Lipinski definition) is 4. The molecule has 1 spiro atoms. The Kier molecular flexibility index (Phi) is 3.30. The fourth-order valence-electron chi connectivity index (χ4n) is 3.23. The molecule has 1 aromatic carbocycles. The number of rotatable bonds is 2. The van der Waals surface area contributed by atoms with Gasteiger partial charge in [0.05, 0.1) is 5.56 Å². The smallest absolute Gasteiger partial charge is 0.255 e. The van der Waals surface area contributed by atoms with Gasteiger partial charge < -0.3 is 20.8 Å². The maximum Gasteiger partial charge on any atom is 0.255 e. The van der Waals surface area contributed by atoms with Crippen LogP contribution in [0, 0.1) is 0 Å². The van der Waals surface area contributed by atoms with Gasteiger partial charge in [-0.2, -0.15) is 0 Å². The lowest BCUT2D eigenvalue weighted by atomic mass is 9.70. The van der Waals surface area contributed by atoms with Crippen LogP contribution in [0.1, 0.15) is 42.5 Å². The highest BCUT2D eigenvalue weighted by molar-refractivity contribution is 5.97. The number of benzene rings is 1. The fourth-order valence-corrected chi connectivity index (χ4v) is 3.23. The zero-order valence-electron chi connectivity index (χ0n) is 11.4. The molecule has 4 N–H and O–H groups in total. The molecule has 108 valence electrons. The lowest BCUT2D eigenvalue weighted by Gasteiger charge is -2.48. The van der Waals surface area contributed by atoms with E-state index in [-0.39, 0.29) is 34.6 Å². The van der Waals surface area contributed by atoms with Crippen LogP contribution in [0.4, 0.5) is 0 Å². The van der Waals surface area contributed by atoms with E-state index in [2.05, 4.69) is 10.6 Å². The molecule has 2 fully saturated rings. The van der Waals surface area contributed by atoms with Crippen molar-refractivity contribution in [2.75, 3.05) is 6.54 Å². The molecular formula is C15H20N2O3. The summed E-state index contributed by atoms with van der Waals surface area (Å²) in [7, 11) is 0. The molecule has 5 nitrogen and oxygen atoms in total. The summed E-state index contributed by atoms with van der Waals surface area (Å²) in [6.07, 6.45) is 5.44. The average Bonchev–Trinajstić information content (AvgIpc) is 2.40. The number of carbonyl (C=O) groups is 1. The quantitative estimate of drug-likeness (QED) is 0.617. The van der Waals surface area contributed by atoms with E-state index in [4.69, 9.17) is 0 Å². The lowest BCUT2D eigenvalue weighted by Crippen LogP contribution is -2.59. The highest BCUT2D eigenvalue weighted by Gasteiger charge is 2.41. The number of nitrogens with one attached hydrogen (secondary N) is 2. The van der Waals surface area contributed by atoms with Crippen LogP contribution in [-0.4, -0.2) is 34.2 Å². The van der Waals surface area contributed by atoms with Gasteiger partial charge in [-0.25, -0.2) is 0 Å². The maximum absolute atomic E-state index is 12.2. The maximum atomic E-state index is 12.2. The van der Waals surface area contributed by atoms with E-state index in [1.165, 1.54) is 37.5 Å². The van der Waals surface area contributed by atoms with Gasteiger partial charge in [-0.1, -0.05) is 0 Å². The number of phenolic OH excluding ortho intramolecular Hbond substituents is 2. The molecule has 5 heteroatoms. The first kappa shape index (κ1) is 13.2. The second kappa shape index (κ2) is 4.98. The Labute approximate surface area is 118 Å². The average molecular weight is 276 g/mol. The third kappa shape index (κ3) is 2.45. The summed E-state index contributed by atoms with van der Waals surface area (Å²) < 4.78 is 0. The van der Waals surface area contributed by atoms with Crippen molar-refractivity contribution in [3.05, 3.63) is 23.8 Å². The molecule has 1 aliphatic carbocycles. The number of phenols is 2. The van der Waals surface area contributed by atoms with Crippen molar-refractivity contribution in [2.45, 2.75) is 43.7 Å². The SMILES string of the molecule is O=C(NC1CCNC2(CCC2)C1)c1cc(O)ccc1O. The molecule has 3 rings (SSSR count). The minimum Gasteiger partial charge on any atom is -0.508 e. The van der Waals surface area contributed by atoms with Gasteiger partial charge in [0, 0.05) is 11.6 Å². The first-order valence-corrected chi connectivity index (χ1v) is 7.16. The van der Waals surface area contributed by atoms with Crippen LogP contribution >= 0.6 is 0 Å². The van der Waals surface area contributed by atoms with Crippen LogP contribution in [0.3, 0.4) is 0 Å². The minimum absolute atomic E-state index is 0.0197. The predicted molar refractivity (Wildman–Crippen MR) is 74.8 cm³/mol. The topological polar surface area (TPSA) is 81.6 Å². The van der Waals surface area contributed by atoms with Crippen molar-refractivity contribution in [3.8, 4) is 11.5 Å². The van der Waals surface area contributed by atoms with Crippen molar-refractivity contribution < 1.29 is 15.0 Å². The van der Waals surface area contributed by atoms with Gasteiger partial charge in [0.1, 0.15) is 11.5 Å². The fraction of sp³-hybridized carbons (Fsp3) is 0.533. The summed E-state index contributed by atoms with van der Waals surface area (Å²) in [5.74, 6) is -0.443. The van der Waals surface area contributed by atoms with Gasteiger partial charge in [0.2, 0.25) is 0 Å². The summed E-state index contributed by atoms with van der Waals surface area (Å²) in [6, 6.07) is 4.12. The molecule has 1 saturated heterocycles. The molecule has 1 aliphatic heterocycles. The second-order valence-electron chi connectivity index (χ2n) is 5.93. The lowest BCUT2D eigenvalue weighted by molar-refractivity contribution is 0.0850. The second-order valence-corrected chi connectivity index (χ2v) is 5.93. The van der Waals surface area contributed by atoms with E-state index in [0.29, 0.717) is 0 Å². The zero-order valence-corrected chi connectivity index (χ0v) is 11.4. The normalized spacial score (nSPS) is 24.1. The third-order valence-electron chi connectivity index (χ3n) is 4.50. The number of aromatic hydroxyl groups is 2. The molecule has 1 amide bonds. The van der Waals surface area contributed by atoms with Gasteiger partial charge in [-0.3, -0.25) is 4.79 Å². The third-order valence-corrected chi connectivity index (χ3v) is 4.50. The van der Waals surface area contributed by atoms with E-state index in [0.717, 1.165) is 19.4 Å². The number of hydrogen-bond donors (Lipinski definition) is 4. The number of amides is 1. The minimum atomic E-state index is -0.320. The van der Waals surface area contributed by atoms with Gasteiger partial charge >= 0.3 is 0 Å². The molecular weight excluding hydrogens is 256 g/mol. The molecule has 1 saturated carbocycles. The van der Waals surface area contributed by atoms with Crippen LogP contribution in [0.15, 0.2) is 18.2 Å². The highest BCUT2D eigenvalue weighted by Crippen LogP contribution is 2.38. The molecule has 0 bridgehead atoms. The van der Waals surface area contributed by atoms with Gasteiger partial charge in [0.25, 0.3) is 5.91 Å². The molecule has 0 aromatic heterocycles. The van der Waals surface area contributed by atoms with Crippen molar-refractivity contribution in [1.82, 2.24) is 10.6 Å². The predicted octanol–water partition coefficient (Wildman–Crippen LogP) is 1.50. The van der Waals surface area contributed by atoms with E-state index in [9.17, 15) is 15.0 Å². The van der Waals surface area contributed by atoms with Gasteiger partial charge in [0.15, 0.2) is 0 Å². The van der Waals surface area contributed by atoms with Crippen LogP contribution in [0.5, 0.6) is 11.5 Å². The first-order valence-electron chi connectivity index (χ1n) is 7.16. The Hall–Kier alpha value is -1.75. The Morgan fingerprint density at radius 3 is 2.85 bits per heavy atom. The molecule has 2 aliphatic rings. The van der Waals surface area contributed by atoms with Crippen LogP contribution < -0.4 is 10.6 Å². The summed E-state index contributed by atoms with van der Waals surface area (Å²) >= 11 is 0. The summed E-state index contributed by atoms with van der Waals surface area (Å²) in [6.45, 7) is 0.914. The van der Waals surface area contributed by atoms with Gasteiger partial charge in [-0.05, 0) is 56.8 Å². The van der Waals surface area contributed by atoms with Crippen molar-refractivity contribution in [3.63, 3.8) is 0 Å². The highest BCUT2D eigenvalue weighted by atomic mass is 16.3. The molecule has 1 aromatic rings. The first-order chi connectivity index (χ1) is 9.58. The Balaban J connectivity index is 1.67. The summed E-state index contributed by atoms with van der Waals surface area (Å²) in [4.78, 5) is 12.2. The standard InChI is InChI=1S/C15H20N2O3/c18-11-2-3-13(19)12(8-11)14(20)17-10-4-7-16-15(9-10)5-1-6-15/h2-3,8,10,16,18-19H,1,4-7,9H2,(H,17,20). The molecule has 0 radical (unpaired) electrons. The van der Waals surface area contributed by atoms with E-state index in [1.807, 2.05) is 0 Å². The van der Waals surface area contributed by atoms with Gasteiger partial charge in [-0.15, -0.1) is 0 Å². The summed E-state index contributed by atoms with van der Waals surface area (Å²) in [5, 5.41) is 25.7. The molecule has 20 heavy (non-hydrogen) atoms. The Morgan fingerprint density at radius 2 is 2.15 bits per heavy atom. The summed E-state index contributed by atoms with van der Waals surface area (Å²) in [5.41, 5.74) is 0.350. The van der Waals surface area contributed by atoms with Crippen molar-refractivity contribution in [1.29, 1.82) is 0 Å². The Morgan fingerprint density at radius 1 is 1.35 bits per heavy atom.